The summed E-state index contributed by atoms with van der Waals surface area (Å²) in [5, 5.41) is 30.2. The van der Waals surface area contributed by atoms with Gasteiger partial charge in [-0.3, -0.25) is 9.69 Å². The van der Waals surface area contributed by atoms with Crippen LogP contribution in [0.5, 0.6) is 5.75 Å². The van der Waals surface area contributed by atoms with Crippen LogP contribution >= 0.6 is 0 Å². The Morgan fingerprint density at radius 1 is 1.15 bits per heavy atom. The van der Waals surface area contributed by atoms with E-state index in [0.29, 0.717) is 13.0 Å². The van der Waals surface area contributed by atoms with Crippen LogP contribution in [-0.4, -0.2) is 70.6 Å². The molecule has 1 fully saturated rings. The van der Waals surface area contributed by atoms with Gasteiger partial charge in [-0.25, -0.2) is 0 Å². The molecule has 6 heteroatoms. The maximum Gasteiger partial charge on any atom is 0.134 e. The molecule has 1 aliphatic heterocycles. The maximum absolute atomic E-state index is 12.1. The van der Waals surface area contributed by atoms with Crippen molar-refractivity contribution in [3.05, 3.63) is 29.8 Å². The van der Waals surface area contributed by atoms with Gasteiger partial charge in [-0.1, -0.05) is 19.1 Å². The smallest absolute Gasteiger partial charge is 0.134 e. The normalized spacial score (nSPS) is 26.2. The highest BCUT2D eigenvalue weighted by Gasteiger charge is 2.47. The Balaban J connectivity index is 1.98. The summed E-state index contributed by atoms with van der Waals surface area (Å²) in [5.41, 5.74) is 1.17. The van der Waals surface area contributed by atoms with Crippen LogP contribution in [-0.2, 0) is 11.2 Å². The second-order valence-corrected chi connectivity index (χ2v) is 6.98. The van der Waals surface area contributed by atoms with E-state index in [1.807, 2.05) is 36.1 Å². The predicted molar refractivity (Wildman–Crippen MR) is 99.2 cm³/mol. The summed E-state index contributed by atoms with van der Waals surface area (Å²) in [4.78, 5) is 14.0. The van der Waals surface area contributed by atoms with Crippen molar-refractivity contribution in [1.29, 1.82) is 0 Å². The lowest BCUT2D eigenvalue weighted by Gasteiger charge is -2.29. The Bertz CT molecular complexity index is 562. The van der Waals surface area contributed by atoms with Crippen molar-refractivity contribution < 1.29 is 24.9 Å². The number of rotatable bonds is 10. The average molecular weight is 365 g/mol. The van der Waals surface area contributed by atoms with Crippen molar-refractivity contribution >= 4 is 5.78 Å². The molecule has 0 unspecified atom stereocenters. The summed E-state index contributed by atoms with van der Waals surface area (Å²) in [6, 6.07) is 6.90. The van der Waals surface area contributed by atoms with Gasteiger partial charge >= 0.3 is 0 Å². The molecule has 26 heavy (non-hydrogen) atoms. The Morgan fingerprint density at radius 3 is 2.38 bits per heavy atom. The van der Waals surface area contributed by atoms with E-state index >= 15 is 0 Å². The monoisotopic (exact) mass is 365 g/mol. The highest BCUT2D eigenvalue weighted by atomic mass is 16.5. The predicted octanol–water partition coefficient (Wildman–Crippen LogP) is 1.15. The van der Waals surface area contributed by atoms with E-state index in [0.717, 1.165) is 25.0 Å². The molecule has 1 aromatic rings. The van der Waals surface area contributed by atoms with Crippen molar-refractivity contribution in [2.24, 2.45) is 0 Å². The zero-order valence-corrected chi connectivity index (χ0v) is 15.7. The summed E-state index contributed by atoms with van der Waals surface area (Å²) < 4.78 is 5.15. The second-order valence-electron chi connectivity index (χ2n) is 6.98. The molecule has 0 radical (unpaired) electrons. The Kier molecular flexibility index (Phi) is 8.03. The van der Waals surface area contributed by atoms with Gasteiger partial charge in [0.2, 0.25) is 0 Å². The molecule has 6 nitrogen and oxygen atoms in total. The number of aliphatic hydroxyl groups is 3. The molecule has 0 aliphatic carbocycles. The first-order valence-electron chi connectivity index (χ1n) is 9.39. The van der Waals surface area contributed by atoms with E-state index in [-0.39, 0.29) is 18.8 Å². The fourth-order valence-electron chi connectivity index (χ4n) is 3.75. The van der Waals surface area contributed by atoms with Gasteiger partial charge in [0, 0.05) is 18.9 Å². The number of benzene rings is 1. The molecular formula is C20H31NO5. The quantitative estimate of drug-likeness (QED) is 0.576. The number of Topliss-reactive ketones (excluding diaryl/α,β-unsaturated/α-hetero) is 1. The maximum atomic E-state index is 12.1. The number of aliphatic hydroxyl groups excluding tert-OH is 3. The van der Waals surface area contributed by atoms with Gasteiger partial charge in [-0.2, -0.15) is 0 Å². The topological polar surface area (TPSA) is 90.2 Å². The van der Waals surface area contributed by atoms with Crippen LogP contribution in [0.1, 0.15) is 38.2 Å². The lowest BCUT2D eigenvalue weighted by Crippen LogP contribution is -2.43. The molecule has 146 valence electrons. The Labute approximate surface area is 155 Å². The lowest BCUT2D eigenvalue weighted by molar-refractivity contribution is -0.121. The van der Waals surface area contributed by atoms with Crippen LogP contribution in [0.15, 0.2) is 24.3 Å². The molecule has 0 amide bonds. The van der Waals surface area contributed by atoms with Crippen LogP contribution in [0.4, 0.5) is 0 Å². The number of ether oxygens (including phenoxy) is 1. The minimum atomic E-state index is -1.03. The van der Waals surface area contributed by atoms with Gasteiger partial charge in [-0.15, -0.1) is 0 Å². The van der Waals surface area contributed by atoms with E-state index in [1.54, 1.807) is 7.11 Å². The van der Waals surface area contributed by atoms with Crippen molar-refractivity contribution in [3.63, 3.8) is 0 Å². The minimum absolute atomic E-state index is 0.0856. The number of aryl methyl sites for hydroxylation is 1. The number of nitrogens with zero attached hydrogens (tertiary/aromatic N) is 1. The van der Waals surface area contributed by atoms with Crippen LogP contribution in [0.2, 0.25) is 0 Å². The van der Waals surface area contributed by atoms with E-state index < -0.39 is 24.3 Å². The largest absolute Gasteiger partial charge is 0.497 e. The van der Waals surface area contributed by atoms with Crippen molar-refractivity contribution in [3.8, 4) is 5.75 Å². The molecule has 1 heterocycles. The average Bonchev–Trinajstić information content (AvgIpc) is 2.86. The number of ketones is 1. The molecule has 3 N–H and O–H groups in total. The highest BCUT2D eigenvalue weighted by molar-refractivity contribution is 5.79. The number of likely N-dealkylation sites (tertiary alicyclic amines) is 1. The molecule has 1 saturated heterocycles. The van der Waals surface area contributed by atoms with Crippen molar-refractivity contribution in [2.45, 2.75) is 63.3 Å². The summed E-state index contributed by atoms with van der Waals surface area (Å²) in [5.74, 6) is 0.900. The molecule has 1 aromatic carbocycles. The number of methoxy groups -OCH3 is 1. The van der Waals surface area contributed by atoms with Gasteiger partial charge in [0.25, 0.3) is 0 Å². The second kappa shape index (κ2) is 10.0. The number of hydrogen-bond acceptors (Lipinski definition) is 6. The molecule has 0 aromatic heterocycles. The Morgan fingerprint density at radius 2 is 1.81 bits per heavy atom. The fourth-order valence-corrected chi connectivity index (χ4v) is 3.75. The van der Waals surface area contributed by atoms with Gasteiger partial charge in [0.15, 0.2) is 0 Å². The van der Waals surface area contributed by atoms with E-state index in [2.05, 4.69) is 0 Å². The lowest BCUT2D eigenvalue weighted by atomic mass is 10.0. The first kappa shape index (κ1) is 20.8. The SMILES string of the molecule is CCCC(=O)C[C@@H]1[C@@H](O)[C@H](O)[C@@H](CO)N1CCCc1ccc(OC)cc1. The van der Waals surface area contributed by atoms with Gasteiger partial charge in [-0.05, 0) is 43.5 Å². The molecule has 0 saturated carbocycles. The molecular weight excluding hydrogens is 334 g/mol. The zero-order chi connectivity index (χ0) is 19.1. The first-order valence-corrected chi connectivity index (χ1v) is 9.39. The number of carbonyl (C=O) groups excluding carboxylic acids is 1. The summed E-state index contributed by atoms with van der Waals surface area (Å²) in [6.07, 6.45) is 1.06. The Hall–Kier alpha value is -1.47. The minimum Gasteiger partial charge on any atom is -0.497 e. The third-order valence-corrected chi connectivity index (χ3v) is 5.18. The molecule has 4 atom stereocenters. The van der Waals surface area contributed by atoms with Gasteiger partial charge in [0.05, 0.1) is 32.0 Å². The van der Waals surface area contributed by atoms with E-state index in [9.17, 15) is 20.1 Å². The number of hydrogen-bond donors (Lipinski definition) is 3. The van der Waals surface area contributed by atoms with E-state index in [4.69, 9.17) is 4.74 Å². The molecule has 0 spiro atoms. The third kappa shape index (κ3) is 5.04. The summed E-state index contributed by atoms with van der Waals surface area (Å²) in [7, 11) is 1.63. The molecule has 2 rings (SSSR count). The highest BCUT2D eigenvalue weighted by Crippen LogP contribution is 2.28. The number of carbonyl (C=O) groups is 1. The molecule has 0 bridgehead atoms. The zero-order valence-electron chi connectivity index (χ0n) is 15.7. The fraction of sp³-hybridized carbons (Fsp3) is 0.650. The van der Waals surface area contributed by atoms with Crippen molar-refractivity contribution in [2.75, 3.05) is 20.3 Å². The van der Waals surface area contributed by atoms with Crippen LogP contribution in [0, 0.1) is 0 Å². The van der Waals surface area contributed by atoms with Gasteiger partial charge in [0.1, 0.15) is 11.5 Å². The van der Waals surface area contributed by atoms with Crippen LogP contribution < -0.4 is 4.74 Å². The van der Waals surface area contributed by atoms with Gasteiger partial charge < -0.3 is 20.1 Å². The summed E-state index contributed by atoms with van der Waals surface area (Å²) in [6.45, 7) is 2.32. The standard InChI is InChI=1S/C20H31NO5/c1-3-5-15(23)12-17-19(24)20(25)18(13-22)21(17)11-4-6-14-7-9-16(26-2)10-8-14/h7-10,17-20,22,24-25H,3-6,11-13H2,1-2H3/t17-,18-,19-,20-/m1/s1. The van der Waals surface area contributed by atoms with Crippen LogP contribution in [0.3, 0.4) is 0 Å². The molecule has 1 aliphatic rings. The van der Waals surface area contributed by atoms with E-state index in [1.165, 1.54) is 5.56 Å². The van der Waals surface area contributed by atoms with Crippen molar-refractivity contribution in [1.82, 2.24) is 4.90 Å². The first-order chi connectivity index (χ1) is 12.5. The van der Waals surface area contributed by atoms with Crippen LogP contribution in [0.25, 0.3) is 0 Å². The third-order valence-electron chi connectivity index (χ3n) is 5.18. The summed E-state index contributed by atoms with van der Waals surface area (Å²) >= 11 is 0.